The fourth-order valence-corrected chi connectivity index (χ4v) is 1.95. The van der Waals surface area contributed by atoms with Crippen LogP contribution in [0, 0.1) is 0 Å². The molecular weight excluding hydrogens is 286 g/mol. The molecule has 1 N–H and O–H groups in total. The van der Waals surface area contributed by atoms with Gasteiger partial charge in [-0.1, -0.05) is 35.5 Å². The Bertz CT molecular complexity index is 784. The van der Waals surface area contributed by atoms with Gasteiger partial charge in [0.2, 0.25) is 0 Å². The molecule has 3 rings (SSSR count). The van der Waals surface area contributed by atoms with E-state index < -0.39 is 0 Å². The molecule has 0 aliphatic carbocycles. The van der Waals surface area contributed by atoms with Gasteiger partial charge in [-0.2, -0.15) is 0 Å². The van der Waals surface area contributed by atoms with Crippen LogP contribution < -0.4 is 5.56 Å². The Morgan fingerprint density at radius 3 is 2.82 bits per heavy atom. The van der Waals surface area contributed by atoms with E-state index in [1.165, 1.54) is 6.33 Å². The van der Waals surface area contributed by atoms with Crippen LogP contribution >= 0.6 is 0 Å². The number of aromatic amines is 1. The van der Waals surface area contributed by atoms with Gasteiger partial charge in [-0.25, -0.2) is 10.1 Å². The fraction of sp³-hybridized carbons (Fsp3) is 0.286. The summed E-state index contributed by atoms with van der Waals surface area (Å²) in [5, 5.41) is 9.58. The Morgan fingerprint density at radius 1 is 1.14 bits per heavy atom. The average Bonchev–Trinajstić information content (AvgIpc) is 2.96. The van der Waals surface area contributed by atoms with Crippen LogP contribution in [0.4, 0.5) is 0 Å². The van der Waals surface area contributed by atoms with Crippen molar-refractivity contribution in [3.8, 4) is 0 Å². The zero-order valence-corrected chi connectivity index (χ0v) is 11.8. The lowest BCUT2D eigenvalue weighted by atomic mass is 10.2. The molecule has 0 spiro atoms. The van der Waals surface area contributed by atoms with Gasteiger partial charge in [0.15, 0.2) is 11.2 Å². The number of imidazole rings is 1. The fourth-order valence-electron chi connectivity index (χ4n) is 1.95. The van der Waals surface area contributed by atoms with Gasteiger partial charge in [0.25, 0.3) is 5.56 Å². The van der Waals surface area contributed by atoms with Crippen LogP contribution in [0.5, 0.6) is 0 Å². The summed E-state index contributed by atoms with van der Waals surface area (Å²) >= 11 is 0. The third-order valence-corrected chi connectivity index (χ3v) is 3.04. The largest absolute Gasteiger partial charge is 0.374 e. The molecule has 0 amide bonds. The summed E-state index contributed by atoms with van der Waals surface area (Å²) in [4.78, 5) is 15.4. The maximum atomic E-state index is 11.4. The number of hydrogen-bond acceptors (Lipinski definition) is 6. The average molecular weight is 301 g/mol. The van der Waals surface area contributed by atoms with Crippen molar-refractivity contribution in [1.82, 2.24) is 25.0 Å². The van der Waals surface area contributed by atoms with Crippen LogP contribution in [0.15, 0.2) is 41.5 Å². The highest BCUT2D eigenvalue weighted by Gasteiger charge is 2.07. The highest BCUT2D eigenvalue weighted by atomic mass is 16.5. The van der Waals surface area contributed by atoms with Crippen LogP contribution in [0.3, 0.4) is 0 Å². The number of hydrogen-bond donors (Lipinski definition) is 1. The van der Waals surface area contributed by atoms with Crippen LogP contribution in [0.25, 0.3) is 11.2 Å². The van der Waals surface area contributed by atoms with E-state index in [1.807, 2.05) is 30.3 Å². The van der Waals surface area contributed by atoms with Gasteiger partial charge in [-0.15, -0.1) is 5.10 Å². The number of nitrogens with one attached hydrogen (secondary N) is 1. The normalized spacial score (nSPS) is 11.1. The Kier molecular flexibility index (Phi) is 4.52. The number of ether oxygens (including phenoxy) is 2. The minimum Gasteiger partial charge on any atom is -0.374 e. The summed E-state index contributed by atoms with van der Waals surface area (Å²) in [7, 11) is 0. The molecule has 8 nitrogen and oxygen atoms in total. The van der Waals surface area contributed by atoms with E-state index in [4.69, 9.17) is 9.47 Å². The number of nitrogens with zero attached hydrogens (tertiary/aromatic N) is 4. The lowest BCUT2D eigenvalue weighted by Gasteiger charge is -2.06. The molecule has 0 saturated carbocycles. The Morgan fingerprint density at radius 2 is 1.95 bits per heavy atom. The summed E-state index contributed by atoms with van der Waals surface area (Å²) in [6, 6.07) is 9.93. The quantitative estimate of drug-likeness (QED) is 0.646. The second kappa shape index (κ2) is 6.92. The third-order valence-electron chi connectivity index (χ3n) is 3.04. The van der Waals surface area contributed by atoms with Crippen LogP contribution in [-0.2, 0) is 22.8 Å². The highest BCUT2D eigenvalue weighted by Crippen LogP contribution is 2.03. The Balaban J connectivity index is 1.43. The molecule has 0 atom stereocenters. The molecule has 0 aliphatic heterocycles. The molecule has 0 aliphatic rings. The summed E-state index contributed by atoms with van der Waals surface area (Å²) in [5.41, 5.74) is 1.40. The van der Waals surface area contributed by atoms with Gasteiger partial charge in [-0.3, -0.25) is 9.36 Å². The molecule has 2 heterocycles. The van der Waals surface area contributed by atoms with Crippen molar-refractivity contribution in [3.63, 3.8) is 0 Å². The second-order valence-corrected chi connectivity index (χ2v) is 4.60. The van der Waals surface area contributed by atoms with E-state index in [1.54, 1.807) is 4.57 Å². The zero-order chi connectivity index (χ0) is 15.2. The lowest BCUT2D eigenvalue weighted by molar-refractivity contribution is 0.0146. The molecule has 0 bridgehead atoms. The number of H-pyrrole nitrogens is 1. The molecule has 0 radical (unpaired) electrons. The first kappa shape index (κ1) is 14.4. The van der Waals surface area contributed by atoms with Crippen LogP contribution in [-0.4, -0.2) is 38.2 Å². The maximum Gasteiger partial charge on any atom is 0.295 e. The molecule has 0 saturated heterocycles. The monoisotopic (exact) mass is 301 g/mol. The standard InChI is InChI=1S/C14H15N5O3/c20-14-12-13(16-18-17-14)19(9-15-12)10-22-7-6-21-8-11-4-2-1-3-5-11/h1-5,9H,6-8,10H2,(H,16,17,20). The summed E-state index contributed by atoms with van der Waals surface area (Å²) < 4.78 is 12.6. The van der Waals surface area contributed by atoms with E-state index in [0.717, 1.165) is 5.56 Å². The van der Waals surface area contributed by atoms with E-state index in [2.05, 4.69) is 20.4 Å². The summed E-state index contributed by atoms with van der Waals surface area (Å²) in [6.07, 6.45) is 1.50. The van der Waals surface area contributed by atoms with Crippen molar-refractivity contribution < 1.29 is 9.47 Å². The van der Waals surface area contributed by atoms with Gasteiger partial charge in [0.1, 0.15) is 6.73 Å². The first-order valence-corrected chi connectivity index (χ1v) is 6.80. The van der Waals surface area contributed by atoms with Crippen LogP contribution in [0.2, 0.25) is 0 Å². The van der Waals surface area contributed by atoms with E-state index >= 15 is 0 Å². The Hall–Kier alpha value is -2.58. The molecule has 8 heteroatoms. The van der Waals surface area contributed by atoms with Crippen molar-refractivity contribution in [2.75, 3.05) is 13.2 Å². The Labute approximate surface area is 125 Å². The molecular formula is C14H15N5O3. The smallest absolute Gasteiger partial charge is 0.295 e. The molecule has 22 heavy (non-hydrogen) atoms. The second-order valence-electron chi connectivity index (χ2n) is 4.60. The summed E-state index contributed by atoms with van der Waals surface area (Å²) in [5.74, 6) is 0. The molecule has 3 aromatic rings. The topological polar surface area (TPSA) is 94.9 Å². The zero-order valence-electron chi connectivity index (χ0n) is 11.8. The van der Waals surface area contributed by atoms with Crippen molar-refractivity contribution in [3.05, 3.63) is 52.6 Å². The molecule has 0 unspecified atom stereocenters. The van der Waals surface area contributed by atoms with E-state index in [0.29, 0.717) is 25.5 Å². The molecule has 2 aromatic heterocycles. The number of aromatic nitrogens is 5. The van der Waals surface area contributed by atoms with Gasteiger partial charge in [0, 0.05) is 0 Å². The highest BCUT2D eigenvalue weighted by molar-refractivity contribution is 5.67. The van der Waals surface area contributed by atoms with Gasteiger partial charge in [-0.05, 0) is 5.56 Å². The first-order valence-electron chi connectivity index (χ1n) is 6.80. The number of benzene rings is 1. The molecule has 0 fully saturated rings. The predicted octanol–water partition coefficient (Wildman–Crippen LogP) is 0.705. The molecule has 1 aromatic carbocycles. The van der Waals surface area contributed by atoms with Crippen molar-refractivity contribution in [2.24, 2.45) is 0 Å². The van der Waals surface area contributed by atoms with Crippen molar-refractivity contribution >= 4 is 11.2 Å². The number of rotatable bonds is 7. The van der Waals surface area contributed by atoms with E-state index in [-0.39, 0.29) is 17.8 Å². The van der Waals surface area contributed by atoms with Crippen LogP contribution in [0.1, 0.15) is 5.56 Å². The predicted molar refractivity (Wildman–Crippen MR) is 78.0 cm³/mol. The van der Waals surface area contributed by atoms with E-state index in [9.17, 15) is 4.79 Å². The van der Waals surface area contributed by atoms with Gasteiger partial charge < -0.3 is 9.47 Å². The summed E-state index contributed by atoms with van der Waals surface area (Å²) in [6.45, 7) is 1.71. The van der Waals surface area contributed by atoms with Gasteiger partial charge >= 0.3 is 0 Å². The minimum absolute atomic E-state index is 0.239. The molecule has 114 valence electrons. The van der Waals surface area contributed by atoms with Crippen molar-refractivity contribution in [1.29, 1.82) is 0 Å². The van der Waals surface area contributed by atoms with Gasteiger partial charge in [0.05, 0.1) is 26.1 Å². The van der Waals surface area contributed by atoms with Crippen molar-refractivity contribution in [2.45, 2.75) is 13.3 Å². The lowest BCUT2D eigenvalue weighted by Crippen LogP contribution is -2.12. The third kappa shape index (κ3) is 3.35. The minimum atomic E-state index is -0.366. The first-order chi connectivity index (χ1) is 10.8. The number of fused-ring (bicyclic) bond motifs is 1. The maximum absolute atomic E-state index is 11.4. The SMILES string of the molecule is O=c1[nH]nnc2c1ncn2COCCOCc1ccccc1.